The van der Waals surface area contributed by atoms with Gasteiger partial charge in [-0.2, -0.15) is 0 Å². The van der Waals surface area contributed by atoms with Crippen molar-refractivity contribution in [3.8, 4) is 0 Å². The van der Waals surface area contributed by atoms with Crippen LogP contribution in [0.15, 0.2) is 51.2 Å². The highest BCUT2D eigenvalue weighted by Gasteiger charge is 2.06. The zero-order chi connectivity index (χ0) is 12.3. The summed E-state index contributed by atoms with van der Waals surface area (Å²) in [7, 11) is 0. The van der Waals surface area contributed by atoms with Crippen LogP contribution in [0.5, 0.6) is 0 Å². The number of hydrogen-bond acceptors (Lipinski definition) is 4. The topological polar surface area (TPSA) is 42.9 Å². The second-order valence-corrected chi connectivity index (χ2v) is 5.27. The Hall–Kier alpha value is -1.20. The molecule has 0 saturated carbocycles. The Bertz CT molecular complexity index is 545. The molecule has 0 bridgehead atoms. The third kappa shape index (κ3) is 3.14. The highest BCUT2D eigenvalue weighted by Crippen LogP contribution is 2.32. The molecule has 0 aliphatic carbocycles. The van der Waals surface area contributed by atoms with Gasteiger partial charge in [0.25, 0.3) is 0 Å². The summed E-state index contributed by atoms with van der Waals surface area (Å²) >= 11 is 4.98. The molecule has 0 aliphatic rings. The van der Waals surface area contributed by atoms with Crippen molar-refractivity contribution in [2.24, 2.45) is 0 Å². The first-order valence-electron chi connectivity index (χ1n) is 4.91. The van der Waals surface area contributed by atoms with E-state index in [1.54, 1.807) is 13.1 Å². The molecule has 0 aliphatic heterocycles. The average molecular weight is 309 g/mol. The van der Waals surface area contributed by atoms with Crippen molar-refractivity contribution in [2.75, 3.05) is 0 Å². The van der Waals surface area contributed by atoms with E-state index < -0.39 is 0 Å². The lowest BCUT2D eigenvalue weighted by Gasteiger charge is -2.04. The first kappa shape index (κ1) is 12.3. The first-order chi connectivity index (χ1) is 8.16. The van der Waals surface area contributed by atoms with E-state index in [0.29, 0.717) is 5.56 Å². The van der Waals surface area contributed by atoms with Gasteiger partial charge in [-0.15, -0.1) is 0 Å². The van der Waals surface area contributed by atoms with Gasteiger partial charge >= 0.3 is 0 Å². The molecule has 3 nitrogen and oxygen atoms in total. The standard InChI is InChI=1S/C12H9BrN2OS/c1-8(16)9-2-3-11(10(13)6-9)17-12-4-5-14-7-15-12/h2-7H,1H3. The summed E-state index contributed by atoms with van der Waals surface area (Å²) in [6.07, 6.45) is 3.22. The van der Waals surface area contributed by atoms with E-state index in [-0.39, 0.29) is 5.78 Å². The number of hydrogen-bond donors (Lipinski definition) is 0. The summed E-state index contributed by atoms with van der Waals surface area (Å²) in [4.78, 5) is 20.2. The summed E-state index contributed by atoms with van der Waals surface area (Å²) in [5, 5.41) is 0.872. The summed E-state index contributed by atoms with van der Waals surface area (Å²) in [5.41, 5.74) is 0.698. The number of aromatic nitrogens is 2. The average Bonchev–Trinajstić information content (AvgIpc) is 2.33. The van der Waals surface area contributed by atoms with Gasteiger partial charge < -0.3 is 0 Å². The zero-order valence-electron chi connectivity index (χ0n) is 9.05. The Balaban J connectivity index is 2.26. The van der Waals surface area contributed by atoms with Crippen molar-refractivity contribution in [1.29, 1.82) is 0 Å². The molecule has 5 heteroatoms. The Morgan fingerprint density at radius 2 is 2.18 bits per heavy atom. The Morgan fingerprint density at radius 1 is 1.35 bits per heavy atom. The molecule has 0 saturated heterocycles. The molecular formula is C12H9BrN2OS. The first-order valence-corrected chi connectivity index (χ1v) is 6.52. The van der Waals surface area contributed by atoms with Gasteiger partial charge in [-0.25, -0.2) is 9.97 Å². The van der Waals surface area contributed by atoms with Gasteiger partial charge in [-0.3, -0.25) is 4.79 Å². The van der Waals surface area contributed by atoms with Gasteiger partial charge in [-0.05, 0) is 41.1 Å². The fraction of sp³-hybridized carbons (Fsp3) is 0.0833. The largest absolute Gasteiger partial charge is 0.295 e. The van der Waals surface area contributed by atoms with Crippen molar-refractivity contribution in [3.63, 3.8) is 0 Å². The smallest absolute Gasteiger partial charge is 0.159 e. The molecule has 0 atom stereocenters. The summed E-state index contributed by atoms with van der Waals surface area (Å²) in [6.45, 7) is 1.55. The Labute approximate surface area is 112 Å². The van der Waals surface area contributed by atoms with E-state index in [0.717, 1.165) is 14.4 Å². The van der Waals surface area contributed by atoms with Crippen LogP contribution in [0.1, 0.15) is 17.3 Å². The molecule has 0 amide bonds. The van der Waals surface area contributed by atoms with Crippen molar-refractivity contribution < 1.29 is 4.79 Å². The minimum atomic E-state index is 0.0595. The maximum absolute atomic E-state index is 11.2. The van der Waals surface area contributed by atoms with Gasteiger partial charge in [0.15, 0.2) is 5.78 Å². The Kier molecular flexibility index (Phi) is 3.91. The number of ketones is 1. The Morgan fingerprint density at radius 3 is 2.76 bits per heavy atom. The van der Waals surface area contributed by atoms with Gasteiger partial charge in [0, 0.05) is 21.1 Å². The molecule has 0 fully saturated rings. The number of carbonyl (C=O) groups excluding carboxylic acids is 1. The van der Waals surface area contributed by atoms with Crippen LogP contribution in [0.2, 0.25) is 0 Å². The van der Waals surface area contributed by atoms with E-state index in [2.05, 4.69) is 25.9 Å². The van der Waals surface area contributed by atoms with Crippen LogP contribution < -0.4 is 0 Å². The lowest BCUT2D eigenvalue weighted by molar-refractivity contribution is 0.101. The molecule has 0 unspecified atom stereocenters. The van der Waals surface area contributed by atoms with Crippen LogP contribution in [0.25, 0.3) is 0 Å². The van der Waals surface area contributed by atoms with Crippen LogP contribution in [0.4, 0.5) is 0 Å². The molecule has 2 aromatic rings. The van der Waals surface area contributed by atoms with Crippen LogP contribution in [-0.4, -0.2) is 15.8 Å². The van der Waals surface area contributed by atoms with Crippen LogP contribution in [0, 0.1) is 0 Å². The van der Waals surface area contributed by atoms with E-state index in [1.807, 2.05) is 24.3 Å². The van der Waals surface area contributed by atoms with Crippen LogP contribution in [0.3, 0.4) is 0 Å². The fourth-order valence-electron chi connectivity index (χ4n) is 1.25. The van der Waals surface area contributed by atoms with Gasteiger partial charge in [0.2, 0.25) is 0 Å². The molecule has 1 aromatic heterocycles. The molecule has 1 heterocycles. The number of halogens is 1. The normalized spacial score (nSPS) is 10.2. The van der Waals surface area contributed by atoms with E-state index in [4.69, 9.17) is 0 Å². The second kappa shape index (κ2) is 5.42. The number of carbonyl (C=O) groups is 1. The minimum absolute atomic E-state index is 0.0595. The number of Topliss-reactive ketones (excluding diaryl/α,β-unsaturated/α-hetero) is 1. The maximum atomic E-state index is 11.2. The van der Waals surface area contributed by atoms with Crippen molar-refractivity contribution in [3.05, 3.63) is 46.8 Å². The lowest BCUT2D eigenvalue weighted by Crippen LogP contribution is -1.91. The van der Waals surface area contributed by atoms with Crippen molar-refractivity contribution >= 4 is 33.5 Å². The minimum Gasteiger partial charge on any atom is -0.295 e. The molecule has 2 rings (SSSR count). The summed E-state index contributed by atoms with van der Waals surface area (Å²) < 4.78 is 0.897. The van der Waals surface area contributed by atoms with E-state index >= 15 is 0 Å². The SMILES string of the molecule is CC(=O)c1ccc(Sc2ccncn2)c(Br)c1. The molecule has 86 valence electrons. The summed E-state index contributed by atoms with van der Waals surface area (Å²) in [5.74, 6) is 0.0595. The molecular weight excluding hydrogens is 300 g/mol. The second-order valence-electron chi connectivity index (χ2n) is 3.35. The highest BCUT2D eigenvalue weighted by molar-refractivity contribution is 9.10. The van der Waals surface area contributed by atoms with Gasteiger partial charge in [0.05, 0.1) is 0 Å². The van der Waals surface area contributed by atoms with Gasteiger partial charge in [0.1, 0.15) is 11.4 Å². The highest BCUT2D eigenvalue weighted by atomic mass is 79.9. The third-order valence-corrected chi connectivity index (χ3v) is 4.05. The predicted molar refractivity (Wildman–Crippen MR) is 70.3 cm³/mol. The van der Waals surface area contributed by atoms with Crippen molar-refractivity contribution in [1.82, 2.24) is 9.97 Å². The van der Waals surface area contributed by atoms with Crippen LogP contribution >= 0.6 is 27.7 Å². The van der Waals surface area contributed by atoms with E-state index in [1.165, 1.54) is 18.1 Å². The van der Waals surface area contributed by atoms with Gasteiger partial charge in [-0.1, -0.05) is 17.8 Å². The molecule has 0 N–H and O–H groups in total. The van der Waals surface area contributed by atoms with Crippen molar-refractivity contribution in [2.45, 2.75) is 16.8 Å². The van der Waals surface area contributed by atoms with E-state index in [9.17, 15) is 4.79 Å². The number of benzene rings is 1. The zero-order valence-corrected chi connectivity index (χ0v) is 11.5. The monoisotopic (exact) mass is 308 g/mol. The van der Waals surface area contributed by atoms with Crippen LogP contribution in [-0.2, 0) is 0 Å². The maximum Gasteiger partial charge on any atom is 0.159 e. The lowest BCUT2D eigenvalue weighted by atomic mass is 10.2. The quantitative estimate of drug-likeness (QED) is 0.642. The molecule has 0 spiro atoms. The predicted octanol–water partition coefficient (Wildman–Crippen LogP) is 3.59. The molecule has 0 radical (unpaired) electrons. The summed E-state index contributed by atoms with van der Waals surface area (Å²) in [6, 6.07) is 7.39. The third-order valence-electron chi connectivity index (χ3n) is 2.11. The fourth-order valence-corrected chi connectivity index (χ4v) is 2.62. The number of rotatable bonds is 3. The number of nitrogens with zero attached hydrogens (tertiary/aromatic N) is 2. The molecule has 1 aromatic carbocycles. The molecule has 17 heavy (non-hydrogen) atoms.